The van der Waals surface area contributed by atoms with Gasteiger partial charge >= 0.3 is 0 Å². The van der Waals surface area contributed by atoms with Crippen molar-refractivity contribution in [3.63, 3.8) is 0 Å². The van der Waals surface area contributed by atoms with Gasteiger partial charge < -0.3 is 4.90 Å². The highest BCUT2D eigenvalue weighted by Gasteiger charge is 2.30. The normalized spacial score (nSPS) is 20.1. The Morgan fingerprint density at radius 3 is 2.50 bits per heavy atom. The minimum absolute atomic E-state index is 0.430. The molecule has 1 fully saturated rings. The van der Waals surface area contributed by atoms with Gasteiger partial charge in [0.1, 0.15) is 4.21 Å². The third-order valence-corrected chi connectivity index (χ3v) is 6.71. The number of halogens is 1. The predicted octanol–water partition coefficient (Wildman–Crippen LogP) is 0.0296. The van der Waals surface area contributed by atoms with Crippen molar-refractivity contribution >= 4 is 37.3 Å². The highest BCUT2D eigenvalue weighted by atomic mass is 79.9. The van der Waals surface area contributed by atoms with Gasteiger partial charge in [0.15, 0.2) is 0 Å². The number of likely N-dealkylation sites (N-methyl/N-ethyl adjacent to an activating group) is 1. The molecule has 0 unspecified atom stereocenters. The first-order valence-corrected chi connectivity index (χ1v) is 8.12. The van der Waals surface area contributed by atoms with Crippen LogP contribution < -0.4 is 4.90 Å². The number of sulfonamides is 1. The topological polar surface area (TPSA) is 41.8 Å². The van der Waals surface area contributed by atoms with Gasteiger partial charge in [0.25, 0.3) is 10.0 Å². The van der Waals surface area contributed by atoms with Gasteiger partial charge in [-0.15, -0.1) is 11.3 Å². The molecule has 0 atom stereocenters. The van der Waals surface area contributed by atoms with Crippen molar-refractivity contribution in [2.45, 2.75) is 4.21 Å². The van der Waals surface area contributed by atoms with Crippen LogP contribution in [0.1, 0.15) is 0 Å². The van der Waals surface area contributed by atoms with Crippen LogP contribution in [0.25, 0.3) is 0 Å². The Hall–Kier alpha value is 0.0500. The van der Waals surface area contributed by atoms with Crippen LogP contribution in [0.2, 0.25) is 0 Å². The largest absolute Gasteiger partial charge is 0.335 e. The lowest BCUT2D eigenvalue weighted by atomic mass is 10.4. The van der Waals surface area contributed by atoms with Crippen LogP contribution in [-0.4, -0.2) is 45.9 Å². The second-order valence-corrected chi connectivity index (χ2v) is 8.55. The quantitative estimate of drug-likeness (QED) is 0.833. The van der Waals surface area contributed by atoms with E-state index in [1.165, 1.54) is 16.2 Å². The zero-order valence-electron chi connectivity index (χ0n) is 8.94. The third-order valence-electron chi connectivity index (χ3n) is 2.72. The fourth-order valence-electron chi connectivity index (χ4n) is 1.67. The summed E-state index contributed by atoms with van der Waals surface area (Å²) in [5.74, 6) is 0. The van der Waals surface area contributed by atoms with Crippen LogP contribution in [0.4, 0.5) is 0 Å². The Bertz CT molecular complexity index is 464. The van der Waals surface area contributed by atoms with Crippen LogP contribution in [-0.2, 0) is 10.0 Å². The lowest BCUT2D eigenvalue weighted by Crippen LogP contribution is -3.12. The number of hydrogen-bond acceptors (Lipinski definition) is 3. The number of thiophene rings is 1. The van der Waals surface area contributed by atoms with Crippen molar-refractivity contribution in [3.05, 3.63) is 15.9 Å². The molecular formula is C9H14BrN2O2S2+. The predicted molar refractivity (Wildman–Crippen MR) is 67.4 cm³/mol. The van der Waals surface area contributed by atoms with Crippen LogP contribution in [0.15, 0.2) is 20.1 Å². The zero-order valence-corrected chi connectivity index (χ0v) is 12.2. The summed E-state index contributed by atoms with van der Waals surface area (Å²) >= 11 is 4.56. The maximum atomic E-state index is 12.2. The summed E-state index contributed by atoms with van der Waals surface area (Å²) in [6.45, 7) is 2.99. The minimum Gasteiger partial charge on any atom is -0.335 e. The molecule has 1 saturated heterocycles. The van der Waals surface area contributed by atoms with Gasteiger partial charge in [-0.05, 0) is 28.1 Å². The summed E-state index contributed by atoms with van der Waals surface area (Å²) in [6, 6.07) is 3.44. The standard InChI is InChI=1S/C9H13BrN2O2S2/c1-11-4-6-12(7-5-11)16(13,14)9-3-2-8(10)15-9/h2-3H,4-7H2,1H3/p+1. The molecule has 0 bridgehead atoms. The number of nitrogens with one attached hydrogen (secondary N) is 1. The van der Waals surface area contributed by atoms with E-state index in [0.29, 0.717) is 17.3 Å². The number of quaternary nitrogens is 1. The fourth-order valence-corrected chi connectivity index (χ4v) is 5.28. The van der Waals surface area contributed by atoms with Gasteiger partial charge in [0.2, 0.25) is 0 Å². The van der Waals surface area contributed by atoms with Crippen LogP contribution in [0.3, 0.4) is 0 Å². The van der Waals surface area contributed by atoms with Crippen LogP contribution >= 0.6 is 27.3 Å². The monoisotopic (exact) mass is 325 g/mol. The Morgan fingerprint density at radius 2 is 2.00 bits per heavy atom. The summed E-state index contributed by atoms with van der Waals surface area (Å²) in [5, 5.41) is 0. The van der Waals surface area contributed by atoms with E-state index in [1.54, 1.807) is 16.4 Å². The molecule has 0 amide bonds. The second kappa shape index (κ2) is 4.73. The average molecular weight is 326 g/mol. The molecule has 2 rings (SSSR count). The first kappa shape index (κ1) is 12.5. The Balaban J connectivity index is 2.20. The zero-order chi connectivity index (χ0) is 11.8. The van der Waals surface area contributed by atoms with E-state index in [1.807, 2.05) is 0 Å². The summed E-state index contributed by atoms with van der Waals surface area (Å²) in [7, 11) is -1.17. The molecule has 0 aliphatic carbocycles. The van der Waals surface area contributed by atoms with E-state index >= 15 is 0 Å². The number of piperazine rings is 1. The van der Waals surface area contributed by atoms with Gasteiger partial charge in [-0.25, -0.2) is 8.42 Å². The number of rotatable bonds is 2. The van der Waals surface area contributed by atoms with E-state index in [0.717, 1.165) is 16.9 Å². The van der Waals surface area contributed by atoms with Crippen molar-refractivity contribution in [1.82, 2.24) is 4.31 Å². The molecule has 1 aliphatic rings. The van der Waals surface area contributed by atoms with Gasteiger partial charge in [0, 0.05) is 0 Å². The molecule has 7 heteroatoms. The molecule has 1 aromatic rings. The molecule has 0 radical (unpaired) electrons. The Labute approximate surface area is 108 Å². The van der Waals surface area contributed by atoms with Crippen molar-refractivity contribution in [2.75, 3.05) is 33.2 Å². The molecular weight excluding hydrogens is 312 g/mol. The van der Waals surface area contributed by atoms with E-state index in [-0.39, 0.29) is 0 Å². The highest BCUT2D eigenvalue weighted by molar-refractivity contribution is 9.11. The SMILES string of the molecule is C[NH+]1CCN(S(=O)(=O)c2ccc(Br)s2)CC1. The molecule has 4 nitrogen and oxygen atoms in total. The maximum Gasteiger partial charge on any atom is 0.252 e. The summed E-state index contributed by atoms with van der Waals surface area (Å²) in [4.78, 5) is 1.39. The third kappa shape index (κ3) is 2.48. The molecule has 1 aliphatic heterocycles. The van der Waals surface area contributed by atoms with Gasteiger partial charge in [-0.1, -0.05) is 0 Å². The van der Waals surface area contributed by atoms with Gasteiger partial charge in [-0.3, -0.25) is 0 Å². The summed E-state index contributed by atoms with van der Waals surface area (Å²) < 4.78 is 27.3. The van der Waals surface area contributed by atoms with Crippen molar-refractivity contribution in [2.24, 2.45) is 0 Å². The van der Waals surface area contributed by atoms with Gasteiger partial charge in [0.05, 0.1) is 37.0 Å². The maximum absolute atomic E-state index is 12.2. The molecule has 1 N–H and O–H groups in total. The smallest absolute Gasteiger partial charge is 0.252 e. The molecule has 1 aromatic heterocycles. The van der Waals surface area contributed by atoms with Crippen molar-refractivity contribution in [3.8, 4) is 0 Å². The average Bonchev–Trinajstić information content (AvgIpc) is 2.66. The van der Waals surface area contributed by atoms with Crippen molar-refractivity contribution in [1.29, 1.82) is 0 Å². The molecule has 0 spiro atoms. The first-order chi connectivity index (χ1) is 7.50. The molecule has 0 aromatic carbocycles. The van der Waals surface area contributed by atoms with Gasteiger partial charge in [-0.2, -0.15) is 4.31 Å². The highest BCUT2D eigenvalue weighted by Crippen LogP contribution is 2.28. The summed E-state index contributed by atoms with van der Waals surface area (Å²) in [6.07, 6.45) is 0. The number of hydrogen-bond donors (Lipinski definition) is 1. The summed E-state index contributed by atoms with van der Waals surface area (Å²) in [5.41, 5.74) is 0. The molecule has 0 saturated carbocycles. The molecule has 90 valence electrons. The first-order valence-electron chi connectivity index (χ1n) is 5.07. The van der Waals surface area contributed by atoms with Crippen molar-refractivity contribution < 1.29 is 13.3 Å². The molecule has 2 heterocycles. The van der Waals surface area contributed by atoms with Crippen LogP contribution in [0, 0.1) is 0 Å². The second-order valence-electron chi connectivity index (χ2n) is 3.92. The Kier molecular flexibility index (Phi) is 3.70. The van der Waals surface area contributed by atoms with Crippen LogP contribution in [0.5, 0.6) is 0 Å². The lowest BCUT2D eigenvalue weighted by Gasteiger charge is -2.28. The van der Waals surface area contributed by atoms with E-state index in [9.17, 15) is 8.42 Å². The number of nitrogens with zero attached hydrogens (tertiary/aromatic N) is 1. The molecule has 16 heavy (non-hydrogen) atoms. The van der Waals surface area contributed by atoms with E-state index < -0.39 is 10.0 Å². The minimum atomic E-state index is -3.26. The van der Waals surface area contributed by atoms with E-state index in [4.69, 9.17) is 0 Å². The van der Waals surface area contributed by atoms with E-state index in [2.05, 4.69) is 23.0 Å². The lowest BCUT2D eigenvalue weighted by molar-refractivity contribution is -0.883. The Morgan fingerprint density at radius 1 is 1.38 bits per heavy atom. The fraction of sp³-hybridized carbons (Fsp3) is 0.556.